The van der Waals surface area contributed by atoms with E-state index in [9.17, 15) is 24.1 Å². The number of aliphatic hydroxyl groups excluding tert-OH is 1. The van der Waals surface area contributed by atoms with E-state index in [2.05, 4.69) is 15.6 Å². The van der Waals surface area contributed by atoms with Crippen LogP contribution >= 0.6 is 18.9 Å². The Morgan fingerprint density at radius 2 is 1.80 bits per heavy atom. The van der Waals surface area contributed by atoms with E-state index in [1.165, 1.54) is 4.90 Å². The first-order valence-electron chi connectivity index (χ1n) is 14.3. The van der Waals surface area contributed by atoms with Crippen molar-refractivity contribution in [2.45, 2.75) is 58.8 Å². The Kier molecular flexibility index (Phi) is 13.0. The highest BCUT2D eigenvalue weighted by Crippen LogP contribution is 2.36. The van der Waals surface area contributed by atoms with E-state index < -0.39 is 43.0 Å². The van der Waals surface area contributed by atoms with Gasteiger partial charge in [0.1, 0.15) is 18.7 Å². The average Bonchev–Trinajstić information content (AvgIpc) is 3.55. The fourth-order valence-electron chi connectivity index (χ4n) is 4.63. The van der Waals surface area contributed by atoms with Gasteiger partial charge in [0.05, 0.1) is 48.6 Å². The van der Waals surface area contributed by atoms with E-state index in [4.69, 9.17) is 18.9 Å². The number of aryl methyl sites for hydroxylation is 1. The van der Waals surface area contributed by atoms with Gasteiger partial charge in [0.25, 0.3) is 0 Å². The lowest BCUT2D eigenvalue weighted by Gasteiger charge is -2.35. The number of carbonyl (C=O) groups excluding carboxylic acids is 3. The summed E-state index contributed by atoms with van der Waals surface area (Å²) in [6, 6.07) is 5.95. The number of aromatic nitrogens is 1. The summed E-state index contributed by atoms with van der Waals surface area (Å²) in [5.74, 6) is -1.37. The standard InChI is InChI=1S/C29H43N4O9PS/c1-19-25(44-18-31-19)21-8-6-20(7-9-21)15-30-27(36)23-14-22(34)16-33(23)28(37)26(29(2,3)4)32-24(35)17-41-11-10-40-12-13-42-43(5,38)39/h6-9,18,22-23,26,34H,10-17H2,1-5H3,(H,30,36)(H,32,35)(H,38,39)/t22-,23+,26-/m1/s1. The first-order valence-corrected chi connectivity index (χ1v) is 17.2. The Labute approximate surface area is 261 Å². The summed E-state index contributed by atoms with van der Waals surface area (Å²) in [6.45, 7) is 8.59. The first-order chi connectivity index (χ1) is 20.7. The highest BCUT2D eigenvalue weighted by Gasteiger charge is 2.44. The maximum Gasteiger partial charge on any atom is 0.325 e. The zero-order valence-electron chi connectivity index (χ0n) is 25.8. The largest absolute Gasteiger partial charge is 0.391 e. The minimum Gasteiger partial charge on any atom is -0.391 e. The topological polar surface area (TPSA) is 177 Å². The highest BCUT2D eigenvalue weighted by atomic mass is 32.1. The molecule has 1 aliphatic rings. The molecule has 3 amide bonds. The van der Waals surface area contributed by atoms with Crippen LogP contribution in [0.1, 0.15) is 38.4 Å². The SMILES string of the molecule is Cc1ncsc1-c1ccc(CNC(=O)[C@@H]2C[C@@H](O)CN2C(=O)[C@@H](NC(=O)COCCOCCOP(C)(=O)O)C(C)(C)C)cc1. The predicted molar refractivity (Wildman–Crippen MR) is 165 cm³/mol. The number of β-amino-alcohol motifs (C(OH)–C–C–N with tert-alkyl or cyclic N) is 1. The summed E-state index contributed by atoms with van der Waals surface area (Å²) in [6.07, 6.45) is -0.780. The van der Waals surface area contributed by atoms with E-state index in [1.54, 1.807) is 37.6 Å². The fraction of sp³-hybridized carbons (Fsp3) is 0.586. The summed E-state index contributed by atoms with van der Waals surface area (Å²) < 4.78 is 26.3. The number of thiazole rings is 1. The van der Waals surface area contributed by atoms with Crippen LogP contribution in [-0.2, 0) is 39.5 Å². The van der Waals surface area contributed by atoms with Crippen LogP contribution in [0.25, 0.3) is 10.4 Å². The molecule has 1 aliphatic heterocycles. The van der Waals surface area contributed by atoms with Gasteiger partial charge in [-0.3, -0.25) is 18.9 Å². The van der Waals surface area contributed by atoms with E-state index in [1.807, 2.05) is 31.2 Å². The predicted octanol–water partition coefficient (Wildman–Crippen LogP) is 2.09. The third kappa shape index (κ3) is 11.0. The number of benzene rings is 1. The fourth-order valence-corrected chi connectivity index (χ4v) is 5.86. The van der Waals surface area contributed by atoms with Gasteiger partial charge in [-0.15, -0.1) is 11.3 Å². The number of nitrogens with one attached hydrogen (secondary N) is 2. The third-order valence-corrected chi connectivity index (χ3v) is 8.51. The van der Waals surface area contributed by atoms with E-state index in [0.717, 1.165) is 28.4 Å². The maximum atomic E-state index is 13.7. The van der Waals surface area contributed by atoms with E-state index in [-0.39, 0.29) is 58.5 Å². The molecule has 2 heterocycles. The average molecular weight is 655 g/mol. The van der Waals surface area contributed by atoms with Crippen molar-refractivity contribution in [3.63, 3.8) is 0 Å². The zero-order valence-corrected chi connectivity index (χ0v) is 27.5. The van der Waals surface area contributed by atoms with Crippen molar-refractivity contribution in [2.24, 2.45) is 5.41 Å². The monoisotopic (exact) mass is 654 g/mol. The summed E-state index contributed by atoms with van der Waals surface area (Å²) in [7, 11) is -3.56. The van der Waals surface area contributed by atoms with E-state index >= 15 is 0 Å². The summed E-state index contributed by atoms with van der Waals surface area (Å²) in [5, 5.41) is 16.0. The van der Waals surface area contributed by atoms with Crippen molar-refractivity contribution in [3.05, 3.63) is 41.0 Å². The van der Waals surface area contributed by atoms with Gasteiger partial charge in [-0.05, 0) is 23.5 Å². The lowest BCUT2D eigenvalue weighted by atomic mass is 9.85. The summed E-state index contributed by atoms with van der Waals surface area (Å²) in [4.78, 5) is 55.3. The quantitative estimate of drug-likeness (QED) is 0.164. The minimum absolute atomic E-state index is 0.0242. The Morgan fingerprint density at radius 1 is 1.14 bits per heavy atom. The van der Waals surface area contributed by atoms with Gasteiger partial charge in [0.2, 0.25) is 17.7 Å². The number of rotatable bonds is 15. The van der Waals surface area contributed by atoms with Crippen LogP contribution in [0.4, 0.5) is 0 Å². The summed E-state index contributed by atoms with van der Waals surface area (Å²) >= 11 is 1.56. The Hall–Kier alpha value is -2.71. The normalized spacial score (nSPS) is 18.9. The molecular weight excluding hydrogens is 611 g/mol. The molecular formula is C29H43N4O9PS. The molecule has 1 fully saturated rings. The highest BCUT2D eigenvalue weighted by molar-refractivity contribution is 7.51. The molecule has 0 saturated carbocycles. The second-order valence-corrected chi connectivity index (χ2v) is 14.5. The van der Waals surface area contributed by atoms with Crippen molar-refractivity contribution in [3.8, 4) is 10.4 Å². The minimum atomic E-state index is -3.56. The summed E-state index contributed by atoms with van der Waals surface area (Å²) in [5.41, 5.74) is 3.99. The molecule has 2 aromatic rings. The van der Waals surface area contributed by atoms with Gasteiger partial charge in [-0.1, -0.05) is 45.0 Å². The smallest absolute Gasteiger partial charge is 0.325 e. The molecule has 244 valence electrons. The number of ether oxygens (including phenoxy) is 2. The van der Waals surface area contributed by atoms with Gasteiger partial charge in [-0.25, -0.2) is 4.98 Å². The molecule has 1 aromatic heterocycles. The molecule has 0 bridgehead atoms. The molecule has 1 aromatic carbocycles. The van der Waals surface area contributed by atoms with Crippen molar-refractivity contribution >= 4 is 36.7 Å². The molecule has 4 N–H and O–H groups in total. The van der Waals surface area contributed by atoms with Crippen molar-refractivity contribution in [1.82, 2.24) is 20.5 Å². The lowest BCUT2D eigenvalue weighted by molar-refractivity contribution is -0.144. The van der Waals surface area contributed by atoms with Crippen LogP contribution in [0.15, 0.2) is 29.8 Å². The number of amides is 3. The van der Waals surface area contributed by atoms with Crippen molar-refractivity contribution in [2.75, 3.05) is 46.2 Å². The van der Waals surface area contributed by atoms with Crippen molar-refractivity contribution < 1.29 is 42.9 Å². The van der Waals surface area contributed by atoms with Gasteiger partial charge in [0.15, 0.2) is 0 Å². The maximum absolute atomic E-state index is 13.7. The second-order valence-electron chi connectivity index (χ2n) is 11.7. The van der Waals surface area contributed by atoms with Gasteiger partial charge < -0.3 is 39.5 Å². The molecule has 3 rings (SSSR count). The van der Waals surface area contributed by atoms with E-state index in [0.29, 0.717) is 0 Å². The number of likely N-dealkylation sites (tertiary alicyclic amines) is 1. The Balaban J connectivity index is 1.51. The van der Waals surface area contributed by atoms with Crippen LogP contribution in [0.2, 0.25) is 0 Å². The molecule has 13 nitrogen and oxygen atoms in total. The number of hydrogen-bond acceptors (Lipinski definition) is 10. The van der Waals surface area contributed by atoms with Crippen LogP contribution in [-0.4, -0.2) is 102 Å². The molecule has 4 atom stereocenters. The van der Waals surface area contributed by atoms with Crippen LogP contribution in [0.3, 0.4) is 0 Å². The zero-order chi connectivity index (χ0) is 32.5. The molecule has 0 aliphatic carbocycles. The lowest BCUT2D eigenvalue weighted by Crippen LogP contribution is -2.58. The third-order valence-electron chi connectivity index (χ3n) is 6.88. The number of hydrogen-bond donors (Lipinski definition) is 4. The van der Waals surface area contributed by atoms with Crippen LogP contribution in [0.5, 0.6) is 0 Å². The van der Waals surface area contributed by atoms with Gasteiger partial charge in [-0.2, -0.15) is 0 Å². The Bertz CT molecular complexity index is 1310. The first kappa shape index (κ1) is 35.8. The van der Waals surface area contributed by atoms with Crippen molar-refractivity contribution in [1.29, 1.82) is 0 Å². The number of aliphatic hydroxyl groups is 1. The van der Waals surface area contributed by atoms with Crippen LogP contribution < -0.4 is 10.6 Å². The van der Waals surface area contributed by atoms with Gasteiger partial charge >= 0.3 is 7.60 Å². The second kappa shape index (κ2) is 16.0. The molecule has 15 heteroatoms. The Morgan fingerprint density at radius 3 is 2.41 bits per heavy atom. The molecule has 1 saturated heterocycles. The number of nitrogens with zero attached hydrogens (tertiary/aromatic N) is 2. The van der Waals surface area contributed by atoms with Gasteiger partial charge in [0, 0.05) is 26.2 Å². The molecule has 44 heavy (non-hydrogen) atoms. The molecule has 0 spiro atoms. The molecule has 1 unspecified atom stereocenters. The molecule has 0 radical (unpaired) electrons. The number of carbonyl (C=O) groups is 3. The van der Waals surface area contributed by atoms with Crippen LogP contribution in [0, 0.1) is 12.3 Å².